The fourth-order valence-corrected chi connectivity index (χ4v) is 3.85. The van der Waals surface area contributed by atoms with Crippen molar-refractivity contribution in [3.8, 4) is 0 Å². The van der Waals surface area contributed by atoms with E-state index in [1.54, 1.807) is 0 Å². The molecule has 0 fully saturated rings. The second-order valence-electron chi connectivity index (χ2n) is 8.74. The van der Waals surface area contributed by atoms with Gasteiger partial charge in [-0.1, -0.05) is 130 Å². The summed E-state index contributed by atoms with van der Waals surface area (Å²) in [6.45, 7) is 9.54. The molecule has 26 heavy (non-hydrogen) atoms. The van der Waals surface area contributed by atoms with Gasteiger partial charge in [0.05, 0.1) is 0 Å². The van der Waals surface area contributed by atoms with E-state index < -0.39 is 0 Å². The van der Waals surface area contributed by atoms with E-state index in [1.165, 1.54) is 135 Å². The summed E-state index contributed by atoms with van der Waals surface area (Å²) in [6, 6.07) is 0. The first-order valence-electron chi connectivity index (χ1n) is 12.5. The third kappa shape index (κ3) is 22.0. The molecular formula is C25H53N. The lowest BCUT2D eigenvalue weighted by molar-refractivity contribution is 0.431. The van der Waals surface area contributed by atoms with Crippen LogP contribution < -0.4 is 5.32 Å². The summed E-state index contributed by atoms with van der Waals surface area (Å²) in [5.74, 6) is 0.950. The summed E-state index contributed by atoms with van der Waals surface area (Å²) in [5, 5.41) is 3.63. The minimum atomic E-state index is 0.950. The van der Waals surface area contributed by atoms with Crippen molar-refractivity contribution in [1.82, 2.24) is 5.32 Å². The minimum Gasteiger partial charge on any atom is -0.317 e. The van der Waals surface area contributed by atoms with Crippen LogP contribution in [-0.2, 0) is 0 Å². The first-order valence-corrected chi connectivity index (χ1v) is 12.5. The standard InChI is InChI=1S/C25H53N/c1-4-6-8-10-12-13-14-17-21-25(3)22-18-16-20-24-26-23-19-15-11-9-7-5-2/h25-26H,4-24H2,1-3H3/t25-/m0/s1. The van der Waals surface area contributed by atoms with Gasteiger partial charge in [0.1, 0.15) is 0 Å². The SMILES string of the molecule is CCCCCCCCCC[C@H](C)CCCCCNCCCCCCCC. The molecule has 0 saturated heterocycles. The Morgan fingerprint density at radius 2 is 0.808 bits per heavy atom. The van der Waals surface area contributed by atoms with Gasteiger partial charge in [-0.15, -0.1) is 0 Å². The molecule has 0 heterocycles. The van der Waals surface area contributed by atoms with Crippen LogP contribution in [-0.4, -0.2) is 13.1 Å². The maximum atomic E-state index is 3.63. The molecule has 1 nitrogen and oxygen atoms in total. The maximum absolute atomic E-state index is 3.63. The Balaban J connectivity index is 3.11. The van der Waals surface area contributed by atoms with Gasteiger partial charge in [-0.2, -0.15) is 0 Å². The van der Waals surface area contributed by atoms with Crippen LogP contribution in [0, 0.1) is 5.92 Å². The third-order valence-corrected chi connectivity index (χ3v) is 5.81. The molecule has 0 aliphatic carbocycles. The smallest absolute Gasteiger partial charge is 0.00489 e. The van der Waals surface area contributed by atoms with Crippen LogP contribution in [0.15, 0.2) is 0 Å². The maximum Gasteiger partial charge on any atom is -0.00489 e. The van der Waals surface area contributed by atoms with E-state index in [4.69, 9.17) is 0 Å². The van der Waals surface area contributed by atoms with Crippen molar-refractivity contribution in [2.45, 2.75) is 143 Å². The molecule has 158 valence electrons. The Hall–Kier alpha value is -0.0400. The predicted octanol–water partition coefficient (Wildman–Crippen LogP) is 8.66. The van der Waals surface area contributed by atoms with Crippen molar-refractivity contribution in [3.63, 3.8) is 0 Å². The Morgan fingerprint density at radius 3 is 1.27 bits per heavy atom. The predicted molar refractivity (Wildman–Crippen MR) is 121 cm³/mol. The lowest BCUT2D eigenvalue weighted by Crippen LogP contribution is -2.16. The van der Waals surface area contributed by atoms with E-state index in [9.17, 15) is 0 Å². The highest BCUT2D eigenvalue weighted by molar-refractivity contribution is 4.57. The highest BCUT2D eigenvalue weighted by atomic mass is 14.8. The fraction of sp³-hybridized carbons (Fsp3) is 1.00. The number of hydrogen-bond acceptors (Lipinski definition) is 1. The molecule has 0 saturated carbocycles. The van der Waals surface area contributed by atoms with E-state index >= 15 is 0 Å². The first-order chi connectivity index (χ1) is 12.8. The second kappa shape index (κ2) is 23.0. The monoisotopic (exact) mass is 367 g/mol. The number of nitrogens with one attached hydrogen (secondary N) is 1. The largest absolute Gasteiger partial charge is 0.317 e. The quantitative estimate of drug-likeness (QED) is 0.189. The lowest BCUT2D eigenvalue weighted by atomic mass is 9.96. The number of unbranched alkanes of at least 4 members (excludes halogenated alkanes) is 14. The van der Waals surface area contributed by atoms with E-state index in [0.717, 1.165) is 5.92 Å². The van der Waals surface area contributed by atoms with Crippen LogP contribution in [0.5, 0.6) is 0 Å². The Bertz CT molecular complexity index is 238. The van der Waals surface area contributed by atoms with Crippen molar-refractivity contribution in [1.29, 1.82) is 0 Å². The zero-order chi connectivity index (χ0) is 19.1. The molecule has 0 bridgehead atoms. The van der Waals surface area contributed by atoms with Gasteiger partial charge in [0.25, 0.3) is 0 Å². The molecule has 0 aliphatic heterocycles. The zero-order valence-corrected chi connectivity index (χ0v) is 18.9. The average molecular weight is 368 g/mol. The van der Waals surface area contributed by atoms with Gasteiger partial charge < -0.3 is 5.32 Å². The zero-order valence-electron chi connectivity index (χ0n) is 18.9. The first kappa shape index (κ1) is 26.0. The summed E-state index contributed by atoms with van der Waals surface area (Å²) in [6.07, 6.45) is 27.2. The van der Waals surface area contributed by atoms with Gasteiger partial charge in [0.15, 0.2) is 0 Å². The second-order valence-corrected chi connectivity index (χ2v) is 8.74. The van der Waals surface area contributed by atoms with E-state index in [0.29, 0.717) is 0 Å². The van der Waals surface area contributed by atoms with Crippen molar-refractivity contribution in [3.05, 3.63) is 0 Å². The fourth-order valence-electron chi connectivity index (χ4n) is 3.85. The van der Waals surface area contributed by atoms with Crippen molar-refractivity contribution >= 4 is 0 Å². The highest BCUT2D eigenvalue weighted by Gasteiger charge is 2.02. The van der Waals surface area contributed by atoms with Gasteiger partial charge in [-0.25, -0.2) is 0 Å². The summed E-state index contributed by atoms with van der Waals surface area (Å²) in [7, 11) is 0. The van der Waals surface area contributed by atoms with E-state index in [1.807, 2.05) is 0 Å². The van der Waals surface area contributed by atoms with Crippen LogP contribution in [0.2, 0.25) is 0 Å². The molecule has 1 atom stereocenters. The molecule has 1 N–H and O–H groups in total. The van der Waals surface area contributed by atoms with E-state index in [-0.39, 0.29) is 0 Å². The number of rotatable bonds is 22. The molecule has 0 aromatic carbocycles. The van der Waals surface area contributed by atoms with Crippen molar-refractivity contribution in [2.75, 3.05) is 13.1 Å². The molecule has 0 spiro atoms. The van der Waals surface area contributed by atoms with Crippen LogP contribution >= 0.6 is 0 Å². The van der Waals surface area contributed by atoms with Gasteiger partial charge >= 0.3 is 0 Å². The van der Waals surface area contributed by atoms with E-state index in [2.05, 4.69) is 26.1 Å². The van der Waals surface area contributed by atoms with Crippen LogP contribution in [0.1, 0.15) is 143 Å². The van der Waals surface area contributed by atoms with Crippen molar-refractivity contribution in [2.24, 2.45) is 5.92 Å². The summed E-state index contributed by atoms with van der Waals surface area (Å²) < 4.78 is 0. The number of hydrogen-bond donors (Lipinski definition) is 1. The Morgan fingerprint density at radius 1 is 0.462 bits per heavy atom. The summed E-state index contributed by atoms with van der Waals surface area (Å²) >= 11 is 0. The third-order valence-electron chi connectivity index (χ3n) is 5.81. The Kier molecular flexibility index (Phi) is 23.0. The highest BCUT2D eigenvalue weighted by Crippen LogP contribution is 2.17. The van der Waals surface area contributed by atoms with Crippen LogP contribution in [0.4, 0.5) is 0 Å². The summed E-state index contributed by atoms with van der Waals surface area (Å²) in [4.78, 5) is 0. The summed E-state index contributed by atoms with van der Waals surface area (Å²) in [5.41, 5.74) is 0. The van der Waals surface area contributed by atoms with Gasteiger partial charge in [0.2, 0.25) is 0 Å². The van der Waals surface area contributed by atoms with Crippen molar-refractivity contribution < 1.29 is 0 Å². The minimum absolute atomic E-state index is 0.950. The molecular weight excluding hydrogens is 314 g/mol. The van der Waals surface area contributed by atoms with Gasteiger partial charge in [-0.05, 0) is 31.8 Å². The Labute approximate surface area is 167 Å². The lowest BCUT2D eigenvalue weighted by Gasteiger charge is -2.11. The molecule has 1 heteroatoms. The molecule has 0 unspecified atom stereocenters. The van der Waals surface area contributed by atoms with Crippen LogP contribution in [0.3, 0.4) is 0 Å². The molecule has 0 aromatic heterocycles. The molecule has 0 radical (unpaired) electrons. The molecule has 0 rings (SSSR count). The normalized spacial score (nSPS) is 12.6. The molecule has 0 aromatic rings. The topological polar surface area (TPSA) is 12.0 Å². The van der Waals surface area contributed by atoms with Crippen LogP contribution in [0.25, 0.3) is 0 Å². The van der Waals surface area contributed by atoms with Gasteiger partial charge in [0, 0.05) is 0 Å². The van der Waals surface area contributed by atoms with Gasteiger partial charge in [-0.3, -0.25) is 0 Å². The molecule has 0 amide bonds. The molecule has 0 aliphatic rings. The average Bonchev–Trinajstić information content (AvgIpc) is 2.65.